The minimum absolute atomic E-state index is 0.154. The first kappa shape index (κ1) is 19.6. The first-order valence-corrected chi connectivity index (χ1v) is 9.26. The molecule has 3 rings (SSSR count). The van der Waals surface area contributed by atoms with Gasteiger partial charge in [-0.2, -0.15) is 0 Å². The number of hydrogen-bond acceptors (Lipinski definition) is 3. The van der Waals surface area contributed by atoms with E-state index in [1.54, 1.807) is 73.7 Å². The van der Waals surface area contributed by atoms with Gasteiger partial charge in [0.1, 0.15) is 5.75 Å². The minimum Gasteiger partial charge on any atom is -0.481 e. The summed E-state index contributed by atoms with van der Waals surface area (Å²) < 4.78 is 5.71. The van der Waals surface area contributed by atoms with Crippen molar-refractivity contribution in [1.29, 1.82) is 0 Å². The molecule has 1 atom stereocenters. The van der Waals surface area contributed by atoms with Crippen LogP contribution in [0.3, 0.4) is 0 Å². The zero-order chi connectivity index (χ0) is 20.1. The van der Waals surface area contributed by atoms with E-state index >= 15 is 0 Å². The molecule has 4 nitrogen and oxygen atoms in total. The first-order chi connectivity index (χ1) is 13.5. The fourth-order valence-electron chi connectivity index (χ4n) is 2.72. The van der Waals surface area contributed by atoms with Crippen molar-refractivity contribution >= 4 is 29.0 Å². The summed E-state index contributed by atoms with van der Waals surface area (Å²) in [5.41, 5.74) is 2.30. The number of rotatable bonds is 6. The summed E-state index contributed by atoms with van der Waals surface area (Å²) in [4.78, 5) is 25.4. The maximum Gasteiger partial charge on any atom is 0.265 e. The smallest absolute Gasteiger partial charge is 0.265 e. The number of aryl methyl sites for hydroxylation is 1. The summed E-state index contributed by atoms with van der Waals surface area (Å²) in [6.07, 6.45) is -0.750. The fraction of sp³-hybridized carbons (Fsp3) is 0.130. The monoisotopic (exact) mass is 393 g/mol. The van der Waals surface area contributed by atoms with Crippen molar-refractivity contribution in [1.82, 2.24) is 0 Å². The molecule has 0 fully saturated rings. The molecule has 28 heavy (non-hydrogen) atoms. The van der Waals surface area contributed by atoms with E-state index in [0.29, 0.717) is 27.6 Å². The summed E-state index contributed by atoms with van der Waals surface area (Å²) in [5, 5.41) is 3.43. The summed E-state index contributed by atoms with van der Waals surface area (Å²) in [5.74, 6) is 0.0532. The van der Waals surface area contributed by atoms with Crippen LogP contribution in [-0.4, -0.2) is 17.8 Å². The number of anilines is 1. The predicted octanol–water partition coefficient (Wildman–Crippen LogP) is 5.29. The summed E-state index contributed by atoms with van der Waals surface area (Å²) in [7, 11) is 0. The Hall–Kier alpha value is -3.11. The van der Waals surface area contributed by atoms with E-state index in [9.17, 15) is 9.59 Å². The molecule has 1 amide bonds. The van der Waals surface area contributed by atoms with Gasteiger partial charge in [-0.1, -0.05) is 54.1 Å². The van der Waals surface area contributed by atoms with E-state index in [0.717, 1.165) is 5.56 Å². The lowest BCUT2D eigenvalue weighted by Crippen LogP contribution is -2.30. The molecule has 3 aromatic rings. The Labute approximate surface area is 169 Å². The molecule has 0 heterocycles. The number of amides is 1. The van der Waals surface area contributed by atoms with Crippen molar-refractivity contribution in [2.75, 3.05) is 5.32 Å². The van der Waals surface area contributed by atoms with Crippen LogP contribution < -0.4 is 10.1 Å². The van der Waals surface area contributed by atoms with Crippen molar-refractivity contribution in [3.05, 3.63) is 94.5 Å². The molecule has 1 N–H and O–H groups in total. The van der Waals surface area contributed by atoms with Gasteiger partial charge in [0.2, 0.25) is 0 Å². The maximum atomic E-state index is 12.8. The fourth-order valence-corrected chi connectivity index (χ4v) is 2.84. The van der Waals surface area contributed by atoms with E-state index < -0.39 is 6.10 Å². The third-order valence-electron chi connectivity index (χ3n) is 4.28. The van der Waals surface area contributed by atoms with Gasteiger partial charge in [-0.15, -0.1) is 0 Å². The van der Waals surface area contributed by atoms with Crippen molar-refractivity contribution in [3.63, 3.8) is 0 Å². The van der Waals surface area contributed by atoms with E-state index in [4.69, 9.17) is 16.3 Å². The number of benzene rings is 3. The van der Waals surface area contributed by atoms with Gasteiger partial charge in [-0.3, -0.25) is 9.59 Å². The number of carbonyl (C=O) groups excluding carboxylic acids is 2. The lowest BCUT2D eigenvalue weighted by atomic mass is 10.0. The number of ketones is 1. The number of ether oxygens (including phenoxy) is 1. The molecular formula is C23H20ClNO3. The van der Waals surface area contributed by atoms with Gasteiger partial charge in [-0.25, -0.2) is 0 Å². The molecule has 0 aliphatic carbocycles. The van der Waals surface area contributed by atoms with Crippen LogP contribution in [0.4, 0.5) is 5.69 Å². The Morgan fingerprint density at radius 2 is 1.64 bits per heavy atom. The molecule has 0 saturated carbocycles. The standard InChI is InChI=1S/C23H20ClNO3/c1-15-14-18(12-13-20(15)24)28-16(2)23(27)25-21-11-7-6-10-19(21)22(26)17-8-4-3-5-9-17/h3-14,16H,1-2H3,(H,25,27)/t16-/m0/s1. The SMILES string of the molecule is Cc1cc(O[C@@H](C)C(=O)Nc2ccccc2C(=O)c2ccccc2)ccc1Cl. The number of hydrogen-bond donors (Lipinski definition) is 1. The second-order valence-electron chi connectivity index (χ2n) is 6.40. The first-order valence-electron chi connectivity index (χ1n) is 8.88. The van der Waals surface area contributed by atoms with Gasteiger partial charge in [-0.05, 0) is 49.7 Å². The Morgan fingerprint density at radius 1 is 0.964 bits per heavy atom. The van der Waals surface area contributed by atoms with Crippen LogP contribution >= 0.6 is 11.6 Å². The number of halogens is 1. The topological polar surface area (TPSA) is 55.4 Å². The zero-order valence-corrected chi connectivity index (χ0v) is 16.4. The molecular weight excluding hydrogens is 374 g/mol. The number of para-hydroxylation sites is 1. The van der Waals surface area contributed by atoms with E-state index in [1.807, 2.05) is 13.0 Å². The summed E-state index contributed by atoms with van der Waals surface area (Å²) in [6, 6.07) is 21.1. The predicted molar refractivity (Wildman–Crippen MR) is 111 cm³/mol. The average Bonchev–Trinajstić information content (AvgIpc) is 2.71. The second-order valence-corrected chi connectivity index (χ2v) is 6.81. The van der Waals surface area contributed by atoms with Gasteiger partial charge < -0.3 is 10.1 Å². The number of carbonyl (C=O) groups is 2. The van der Waals surface area contributed by atoms with Gasteiger partial charge >= 0.3 is 0 Å². The lowest BCUT2D eigenvalue weighted by Gasteiger charge is -2.17. The molecule has 0 spiro atoms. The largest absolute Gasteiger partial charge is 0.481 e. The van der Waals surface area contributed by atoms with Crippen LogP contribution in [0.1, 0.15) is 28.4 Å². The molecule has 0 aromatic heterocycles. The van der Waals surface area contributed by atoms with Crippen LogP contribution in [0, 0.1) is 6.92 Å². The van der Waals surface area contributed by atoms with E-state index in [2.05, 4.69) is 5.32 Å². The third-order valence-corrected chi connectivity index (χ3v) is 4.70. The molecule has 0 bridgehead atoms. The molecule has 3 aromatic carbocycles. The lowest BCUT2D eigenvalue weighted by molar-refractivity contribution is -0.122. The minimum atomic E-state index is -0.750. The molecule has 5 heteroatoms. The average molecular weight is 394 g/mol. The second kappa shape index (κ2) is 8.72. The van der Waals surface area contributed by atoms with Crippen LogP contribution in [0.15, 0.2) is 72.8 Å². The summed E-state index contributed by atoms with van der Waals surface area (Å²) >= 11 is 6.02. The molecule has 0 unspecified atom stereocenters. The van der Waals surface area contributed by atoms with Gasteiger partial charge in [0.15, 0.2) is 11.9 Å². The Kier molecular flexibility index (Phi) is 6.12. The highest BCUT2D eigenvalue weighted by molar-refractivity contribution is 6.31. The van der Waals surface area contributed by atoms with E-state index in [1.165, 1.54) is 0 Å². The quantitative estimate of drug-likeness (QED) is 0.579. The normalized spacial score (nSPS) is 11.5. The van der Waals surface area contributed by atoms with Crippen LogP contribution in [-0.2, 0) is 4.79 Å². The molecule has 0 aliphatic heterocycles. The van der Waals surface area contributed by atoms with Crippen LogP contribution in [0.25, 0.3) is 0 Å². The highest BCUT2D eigenvalue weighted by atomic mass is 35.5. The molecule has 0 radical (unpaired) electrons. The third kappa shape index (κ3) is 4.59. The highest BCUT2D eigenvalue weighted by Crippen LogP contribution is 2.23. The Bertz CT molecular complexity index is 1000. The Balaban J connectivity index is 1.75. The Morgan fingerprint density at radius 3 is 2.36 bits per heavy atom. The van der Waals surface area contributed by atoms with Crippen molar-refractivity contribution < 1.29 is 14.3 Å². The zero-order valence-electron chi connectivity index (χ0n) is 15.6. The van der Waals surface area contributed by atoms with Crippen LogP contribution in [0.5, 0.6) is 5.75 Å². The van der Waals surface area contributed by atoms with E-state index in [-0.39, 0.29) is 11.7 Å². The van der Waals surface area contributed by atoms with Crippen molar-refractivity contribution in [3.8, 4) is 5.75 Å². The maximum absolute atomic E-state index is 12.8. The highest BCUT2D eigenvalue weighted by Gasteiger charge is 2.19. The molecule has 0 aliphatic rings. The van der Waals surface area contributed by atoms with Crippen molar-refractivity contribution in [2.45, 2.75) is 20.0 Å². The molecule has 0 saturated heterocycles. The van der Waals surface area contributed by atoms with Gasteiger partial charge in [0, 0.05) is 16.1 Å². The van der Waals surface area contributed by atoms with Crippen molar-refractivity contribution in [2.24, 2.45) is 0 Å². The van der Waals surface area contributed by atoms with Gasteiger partial charge in [0.05, 0.1) is 5.69 Å². The van der Waals surface area contributed by atoms with Crippen LogP contribution in [0.2, 0.25) is 5.02 Å². The summed E-state index contributed by atoms with van der Waals surface area (Å²) in [6.45, 7) is 3.52. The molecule has 142 valence electrons. The van der Waals surface area contributed by atoms with Gasteiger partial charge in [0.25, 0.3) is 5.91 Å². The number of nitrogens with one attached hydrogen (secondary N) is 1.